The minimum atomic E-state index is -0.257. The Hall–Kier alpha value is -1.06. The highest BCUT2D eigenvalue weighted by atomic mass is 16.2. The van der Waals surface area contributed by atoms with Crippen LogP contribution in [0.3, 0.4) is 0 Å². The van der Waals surface area contributed by atoms with Crippen LogP contribution < -0.4 is 5.32 Å². The summed E-state index contributed by atoms with van der Waals surface area (Å²) in [6.45, 7) is 6.94. The Morgan fingerprint density at radius 3 is 2.50 bits per heavy atom. The zero-order valence-electron chi connectivity index (χ0n) is 11.6. The summed E-state index contributed by atoms with van der Waals surface area (Å²) in [5.74, 6) is 1.00. The molecule has 0 radical (unpaired) electrons. The Morgan fingerprint density at radius 1 is 1.33 bits per heavy atom. The van der Waals surface area contributed by atoms with Gasteiger partial charge in [0.15, 0.2) is 0 Å². The number of carbonyl (C=O) groups is 2. The van der Waals surface area contributed by atoms with Crippen LogP contribution >= 0.6 is 0 Å². The van der Waals surface area contributed by atoms with Gasteiger partial charge in [-0.3, -0.25) is 9.59 Å². The third-order valence-corrected chi connectivity index (χ3v) is 3.78. The Balaban J connectivity index is 2.13. The average Bonchev–Trinajstić information content (AvgIpc) is 3.11. The van der Waals surface area contributed by atoms with Crippen LogP contribution in [-0.2, 0) is 9.59 Å². The molecular formula is C14H24N2O2. The molecule has 2 amide bonds. The first-order chi connectivity index (χ1) is 8.54. The standard InChI is InChI=1S/C14H24N2O2/c1-4-7-16-11(8-9(2)3)13(17)15-12(14(16)18)10-5-6-10/h9-12H,4-8H2,1-3H3,(H,15,17). The number of amides is 2. The van der Waals surface area contributed by atoms with Crippen molar-refractivity contribution in [1.82, 2.24) is 10.2 Å². The molecule has 1 aliphatic carbocycles. The largest absolute Gasteiger partial charge is 0.342 e. The topological polar surface area (TPSA) is 49.4 Å². The maximum Gasteiger partial charge on any atom is 0.246 e. The maximum atomic E-state index is 12.4. The van der Waals surface area contributed by atoms with Gasteiger partial charge in [0.05, 0.1) is 0 Å². The lowest BCUT2D eigenvalue weighted by Gasteiger charge is -2.39. The van der Waals surface area contributed by atoms with Crippen LogP contribution in [0.1, 0.15) is 46.5 Å². The van der Waals surface area contributed by atoms with E-state index < -0.39 is 0 Å². The molecular weight excluding hydrogens is 228 g/mol. The summed E-state index contributed by atoms with van der Waals surface area (Å²) < 4.78 is 0. The molecule has 1 aliphatic heterocycles. The van der Waals surface area contributed by atoms with Crippen molar-refractivity contribution in [3.05, 3.63) is 0 Å². The molecule has 18 heavy (non-hydrogen) atoms. The van der Waals surface area contributed by atoms with E-state index in [1.807, 2.05) is 4.90 Å². The van der Waals surface area contributed by atoms with E-state index in [9.17, 15) is 9.59 Å². The van der Waals surface area contributed by atoms with Crippen molar-refractivity contribution < 1.29 is 9.59 Å². The molecule has 102 valence electrons. The van der Waals surface area contributed by atoms with Gasteiger partial charge < -0.3 is 10.2 Å². The van der Waals surface area contributed by atoms with Crippen molar-refractivity contribution in [2.24, 2.45) is 11.8 Å². The third kappa shape index (κ3) is 2.68. The minimum absolute atomic E-state index is 0.0497. The van der Waals surface area contributed by atoms with Gasteiger partial charge in [-0.05, 0) is 37.5 Å². The third-order valence-electron chi connectivity index (χ3n) is 3.78. The van der Waals surface area contributed by atoms with Crippen LogP contribution in [0.15, 0.2) is 0 Å². The zero-order chi connectivity index (χ0) is 13.3. The Morgan fingerprint density at radius 2 is 2.00 bits per heavy atom. The van der Waals surface area contributed by atoms with Crippen molar-refractivity contribution >= 4 is 11.8 Å². The zero-order valence-corrected chi connectivity index (χ0v) is 11.6. The second-order valence-corrected chi connectivity index (χ2v) is 6.00. The van der Waals surface area contributed by atoms with Crippen molar-refractivity contribution in [3.63, 3.8) is 0 Å². The van der Waals surface area contributed by atoms with Crippen molar-refractivity contribution in [1.29, 1.82) is 0 Å². The lowest BCUT2D eigenvalue weighted by Crippen LogP contribution is -2.64. The first-order valence-corrected chi connectivity index (χ1v) is 7.15. The number of nitrogens with one attached hydrogen (secondary N) is 1. The Labute approximate surface area is 109 Å². The van der Waals surface area contributed by atoms with E-state index in [4.69, 9.17) is 0 Å². The molecule has 0 aromatic carbocycles. The summed E-state index contributed by atoms with van der Waals surface area (Å²) in [6, 6.07) is -0.500. The van der Waals surface area contributed by atoms with E-state index in [0.717, 1.165) is 25.7 Å². The summed E-state index contributed by atoms with van der Waals surface area (Å²) in [4.78, 5) is 26.5. The van der Waals surface area contributed by atoms with Crippen LogP contribution in [0.25, 0.3) is 0 Å². The first kappa shape index (κ1) is 13.4. The van der Waals surface area contributed by atoms with Gasteiger partial charge in [-0.1, -0.05) is 20.8 Å². The predicted octanol–water partition coefficient (Wildman–Crippen LogP) is 1.55. The van der Waals surface area contributed by atoms with Gasteiger partial charge in [0.25, 0.3) is 0 Å². The predicted molar refractivity (Wildman–Crippen MR) is 69.9 cm³/mol. The van der Waals surface area contributed by atoms with Crippen LogP contribution in [0.2, 0.25) is 0 Å². The average molecular weight is 252 g/mol. The van der Waals surface area contributed by atoms with E-state index >= 15 is 0 Å². The highest BCUT2D eigenvalue weighted by Crippen LogP contribution is 2.35. The fraction of sp³-hybridized carbons (Fsp3) is 0.857. The van der Waals surface area contributed by atoms with Gasteiger partial charge in [0.1, 0.15) is 12.1 Å². The highest BCUT2D eigenvalue weighted by Gasteiger charge is 2.46. The van der Waals surface area contributed by atoms with Gasteiger partial charge >= 0.3 is 0 Å². The number of hydrogen-bond acceptors (Lipinski definition) is 2. The monoisotopic (exact) mass is 252 g/mol. The molecule has 4 heteroatoms. The molecule has 0 bridgehead atoms. The molecule has 0 spiro atoms. The second-order valence-electron chi connectivity index (χ2n) is 6.00. The van der Waals surface area contributed by atoms with Gasteiger partial charge in [-0.25, -0.2) is 0 Å². The first-order valence-electron chi connectivity index (χ1n) is 7.15. The number of hydrogen-bond donors (Lipinski definition) is 1. The summed E-state index contributed by atoms with van der Waals surface area (Å²) in [5, 5.41) is 2.94. The van der Waals surface area contributed by atoms with Gasteiger partial charge in [-0.15, -0.1) is 0 Å². The molecule has 1 heterocycles. The lowest BCUT2D eigenvalue weighted by molar-refractivity contribution is -0.150. The van der Waals surface area contributed by atoms with Crippen molar-refractivity contribution in [3.8, 4) is 0 Å². The molecule has 1 N–H and O–H groups in total. The Bertz CT molecular complexity index is 337. The van der Waals surface area contributed by atoms with E-state index in [1.54, 1.807) is 0 Å². The number of carbonyl (C=O) groups excluding carboxylic acids is 2. The fourth-order valence-corrected chi connectivity index (χ4v) is 2.72. The molecule has 1 saturated carbocycles. The quantitative estimate of drug-likeness (QED) is 0.807. The molecule has 4 nitrogen and oxygen atoms in total. The SMILES string of the molecule is CCCN1C(=O)C(C2CC2)NC(=O)C1CC(C)C. The molecule has 2 atom stereocenters. The molecule has 2 rings (SSSR count). The van der Waals surface area contributed by atoms with Crippen LogP contribution in [0.5, 0.6) is 0 Å². The highest BCUT2D eigenvalue weighted by molar-refractivity contribution is 5.97. The van der Waals surface area contributed by atoms with E-state index in [1.165, 1.54) is 0 Å². The number of rotatable bonds is 5. The molecule has 0 aromatic heterocycles. The van der Waals surface area contributed by atoms with E-state index in [0.29, 0.717) is 18.4 Å². The minimum Gasteiger partial charge on any atom is -0.342 e. The van der Waals surface area contributed by atoms with Crippen molar-refractivity contribution in [2.45, 2.75) is 58.5 Å². The normalized spacial score (nSPS) is 28.8. The number of piperazine rings is 1. The molecule has 0 aromatic rings. The molecule has 2 unspecified atom stereocenters. The Kier molecular flexibility index (Phi) is 3.93. The molecule has 1 saturated heterocycles. The molecule has 2 aliphatic rings. The summed E-state index contributed by atoms with van der Waals surface area (Å²) in [7, 11) is 0. The van der Waals surface area contributed by atoms with Crippen LogP contribution in [0, 0.1) is 11.8 Å². The summed E-state index contributed by atoms with van der Waals surface area (Å²) >= 11 is 0. The fourth-order valence-electron chi connectivity index (χ4n) is 2.72. The summed E-state index contributed by atoms with van der Waals surface area (Å²) in [5.41, 5.74) is 0. The second kappa shape index (κ2) is 5.29. The maximum absolute atomic E-state index is 12.4. The smallest absolute Gasteiger partial charge is 0.246 e. The van der Waals surface area contributed by atoms with E-state index in [-0.39, 0.29) is 23.9 Å². The van der Waals surface area contributed by atoms with Gasteiger partial charge in [0.2, 0.25) is 11.8 Å². The van der Waals surface area contributed by atoms with Crippen LogP contribution in [-0.4, -0.2) is 35.3 Å². The van der Waals surface area contributed by atoms with Gasteiger partial charge in [0, 0.05) is 6.54 Å². The summed E-state index contributed by atoms with van der Waals surface area (Å²) in [6.07, 6.45) is 3.82. The van der Waals surface area contributed by atoms with E-state index in [2.05, 4.69) is 26.1 Å². The lowest BCUT2D eigenvalue weighted by atomic mass is 9.96. The molecule has 2 fully saturated rings. The van der Waals surface area contributed by atoms with Gasteiger partial charge in [-0.2, -0.15) is 0 Å². The number of nitrogens with zero attached hydrogens (tertiary/aromatic N) is 1. The van der Waals surface area contributed by atoms with Crippen molar-refractivity contribution in [2.75, 3.05) is 6.54 Å². The van der Waals surface area contributed by atoms with Crippen LogP contribution in [0.4, 0.5) is 0 Å².